The molecular formula is C15H10ClNS. The molecule has 0 saturated carbocycles. The second-order valence-corrected chi connectivity index (χ2v) is 5.27. The van der Waals surface area contributed by atoms with E-state index < -0.39 is 0 Å². The summed E-state index contributed by atoms with van der Waals surface area (Å²) in [4.78, 5) is 4.40. The minimum atomic E-state index is 0.517. The highest BCUT2D eigenvalue weighted by Crippen LogP contribution is 2.32. The average Bonchev–Trinajstić information content (AvgIpc) is 2.82. The largest absolute Gasteiger partial charge is 0.235 e. The third kappa shape index (κ3) is 1.94. The fraction of sp³-hybridized carbons (Fsp3) is 0. The van der Waals surface area contributed by atoms with Crippen molar-refractivity contribution in [3.8, 4) is 0 Å². The van der Waals surface area contributed by atoms with Crippen LogP contribution in [0.25, 0.3) is 15.8 Å². The molecule has 0 radical (unpaired) electrons. The highest BCUT2D eigenvalue weighted by atomic mass is 35.5. The van der Waals surface area contributed by atoms with Crippen LogP contribution in [0.5, 0.6) is 0 Å². The maximum Gasteiger partial charge on any atom is 0.129 e. The molecule has 0 bridgehead atoms. The summed E-state index contributed by atoms with van der Waals surface area (Å²) in [5.74, 6) is 0. The average molecular weight is 272 g/mol. The van der Waals surface area contributed by atoms with Crippen molar-refractivity contribution in [2.75, 3.05) is 0 Å². The Bertz CT molecular complexity index is 716. The number of nitrogens with zero attached hydrogens (tertiary/aromatic N) is 1. The molecule has 88 valence electrons. The molecule has 0 fully saturated rings. The van der Waals surface area contributed by atoms with Gasteiger partial charge in [-0.25, -0.2) is 4.98 Å². The van der Waals surface area contributed by atoms with Gasteiger partial charge in [0.1, 0.15) is 5.15 Å². The topological polar surface area (TPSA) is 12.9 Å². The number of hydrogen-bond donors (Lipinski definition) is 0. The molecule has 18 heavy (non-hydrogen) atoms. The number of aromatic nitrogens is 1. The van der Waals surface area contributed by atoms with Gasteiger partial charge in [0.15, 0.2) is 0 Å². The number of hydrogen-bond acceptors (Lipinski definition) is 2. The summed E-state index contributed by atoms with van der Waals surface area (Å²) >= 11 is 7.63. The van der Waals surface area contributed by atoms with E-state index in [2.05, 4.69) is 29.1 Å². The lowest BCUT2D eigenvalue weighted by molar-refractivity contribution is 1.41. The van der Waals surface area contributed by atoms with Gasteiger partial charge in [-0.15, -0.1) is 11.3 Å². The maximum absolute atomic E-state index is 5.96. The van der Waals surface area contributed by atoms with Gasteiger partial charge in [0.05, 0.1) is 10.2 Å². The molecule has 0 saturated heterocycles. The van der Waals surface area contributed by atoms with E-state index >= 15 is 0 Å². The first-order chi connectivity index (χ1) is 8.75. The summed E-state index contributed by atoms with van der Waals surface area (Å²) in [7, 11) is 0. The molecule has 0 N–H and O–H groups in total. The van der Waals surface area contributed by atoms with Gasteiger partial charge < -0.3 is 0 Å². The van der Waals surface area contributed by atoms with Crippen LogP contribution in [0, 0.1) is 0 Å². The maximum atomic E-state index is 5.96. The standard InChI is InChI=1S/C15H10ClNS/c1-10(11-5-3-2-4-6-11)12-9-18-13-7-8-14(16)17-15(12)13/h2-9H,1H2. The number of halogens is 1. The SMILES string of the molecule is C=C(c1ccccc1)c1csc2ccc(Cl)nc12. The molecule has 0 amide bonds. The number of thiophene rings is 1. The highest BCUT2D eigenvalue weighted by molar-refractivity contribution is 7.17. The molecule has 0 aliphatic carbocycles. The Morgan fingerprint density at radius 2 is 1.89 bits per heavy atom. The summed E-state index contributed by atoms with van der Waals surface area (Å²) < 4.78 is 1.13. The van der Waals surface area contributed by atoms with Crippen LogP contribution in [0.15, 0.2) is 54.4 Å². The fourth-order valence-electron chi connectivity index (χ4n) is 1.90. The quantitative estimate of drug-likeness (QED) is 0.597. The minimum Gasteiger partial charge on any atom is -0.235 e. The third-order valence-electron chi connectivity index (χ3n) is 2.83. The van der Waals surface area contributed by atoms with Crippen LogP contribution >= 0.6 is 22.9 Å². The van der Waals surface area contributed by atoms with Gasteiger partial charge in [-0.05, 0) is 23.3 Å². The molecule has 2 aromatic heterocycles. The van der Waals surface area contributed by atoms with Crippen LogP contribution in [0.2, 0.25) is 5.15 Å². The smallest absolute Gasteiger partial charge is 0.129 e. The second-order valence-electron chi connectivity index (χ2n) is 3.97. The van der Waals surface area contributed by atoms with Gasteiger partial charge in [-0.2, -0.15) is 0 Å². The monoisotopic (exact) mass is 271 g/mol. The van der Waals surface area contributed by atoms with E-state index in [1.807, 2.05) is 30.3 Å². The Kier molecular flexibility index (Phi) is 2.90. The first-order valence-corrected chi connectivity index (χ1v) is 6.80. The lowest BCUT2D eigenvalue weighted by atomic mass is 10.0. The van der Waals surface area contributed by atoms with Crippen molar-refractivity contribution in [1.29, 1.82) is 0 Å². The zero-order valence-electron chi connectivity index (χ0n) is 9.56. The zero-order chi connectivity index (χ0) is 12.5. The Hall–Kier alpha value is -1.64. The van der Waals surface area contributed by atoms with Crippen LogP contribution < -0.4 is 0 Å². The van der Waals surface area contributed by atoms with Crippen molar-refractivity contribution in [2.45, 2.75) is 0 Å². The Labute approximate surface area is 114 Å². The number of fused-ring (bicyclic) bond motifs is 1. The molecule has 0 aliphatic heterocycles. The van der Waals surface area contributed by atoms with E-state index in [0.29, 0.717) is 5.15 Å². The highest BCUT2D eigenvalue weighted by Gasteiger charge is 2.10. The van der Waals surface area contributed by atoms with Gasteiger partial charge in [0, 0.05) is 10.9 Å². The van der Waals surface area contributed by atoms with Crippen molar-refractivity contribution >= 4 is 38.7 Å². The van der Waals surface area contributed by atoms with Gasteiger partial charge in [-0.1, -0.05) is 48.5 Å². The number of benzene rings is 1. The molecule has 3 rings (SSSR count). The summed E-state index contributed by atoms with van der Waals surface area (Å²) in [6.45, 7) is 4.17. The van der Waals surface area contributed by atoms with Crippen LogP contribution in [0.4, 0.5) is 0 Å². The lowest BCUT2D eigenvalue weighted by Gasteiger charge is -2.04. The van der Waals surface area contributed by atoms with Crippen LogP contribution in [0.1, 0.15) is 11.1 Å². The molecule has 0 aliphatic rings. The summed E-state index contributed by atoms with van der Waals surface area (Å²) in [5.41, 5.74) is 4.08. The van der Waals surface area contributed by atoms with Crippen molar-refractivity contribution < 1.29 is 0 Å². The van der Waals surface area contributed by atoms with E-state index in [4.69, 9.17) is 11.6 Å². The van der Waals surface area contributed by atoms with Crippen LogP contribution in [0.3, 0.4) is 0 Å². The Morgan fingerprint density at radius 3 is 2.67 bits per heavy atom. The summed E-state index contributed by atoms with van der Waals surface area (Å²) in [5, 5.41) is 2.60. The number of rotatable bonds is 2. The first kappa shape index (κ1) is 11.5. The molecule has 2 heterocycles. The van der Waals surface area contributed by atoms with Gasteiger partial charge >= 0.3 is 0 Å². The molecular weight excluding hydrogens is 262 g/mol. The predicted molar refractivity (Wildman–Crippen MR) is 79.2 cm³/mol. The van der Waals surface area contributed by atoms with Crippen LogP contribution in [-0.2, 0) is 0 Å². The molecule has 3 heteroatoms. The summed E-state index contributed by atoms with van der Waals surface area (Å²) in [6, 6.07) is 13.9. The van der Waals surface area contributed by atoms with Crippen molar-refractivity contribution in [3.05, 3.63) is 70.7 Å². The second kappa shape index (κ2) is 4.56. The minimum absolute atomic E-state index is 0.517. The van der Waals surface area contributed by atoms with E-state index in [9.17, 15) is 0 Å². The molecule has 0 spiro atoms. The van der Waals surface area contributed by atoms with Crippen molar-refractivity contribution in [3.63, 3.8) is 0 Å². The zero-order valence-corrected chi connectivity index (χ0v) is 11.1. The normalized spacial score (nSPS) is 10.7. The van der Waals surface area contributed by atoms with Gasteiger partial charge in [0.25, 0.3) is 0 Å². The molecule has 0 unspecified atom stereocenters. The van der Waals surface area contributed by atoms with Crippen molar-refractivity contribution in [1.82, 2.24) is 4.98 Å². The number of pyridine rings is 1. The summed E-state index contributed by atoms with van der Waals surface area (Å²) in [6.07, 6.45) is 0. The Balaban J connectivity index is 2.15. The third-order valence-corrected chi connectivity index (χ3v) is 3.98. The van der Waals surface area contributed by atoms with Crippen molar-refractivity contribution in [2.24, 2.45) is 0 Å². The molecule has 1 nitrogen and oxygen atoms in total. The predicted octanol–water partition coefficient (Wildman–Crippen LogP) is 5.01. The van der Waals surface area contributed by atoms with E-state index in [1.54, 1.807) is 11.3 Å². The molecule has 0 atom stereocenters. The molecule has 1 aromatic carbocycles. The fourth-order valence-corrected chi connectivity index (χ4v) is 2.96. The van der Waals surface area contributed by atoms with Crippen LogP contribution in [-0.4, -0.2) is 4.98 Å². The lowest BCUT2D eigenvalue weighted by Crippen LogP contribution is -1.86. The first-order valence-electron chi connectivity index (χ1n) is 5.54. The van der Waals surface area contributed by atoms with E-state index in [-0.39, 0.29) is 0 Å². The Morgan fingerprint density at radius 1 is 1.11 bits per heavy atom. The van der Waals surface area contributed by atoms with Gasteiger partial charge in [-0.3, -0.25) is 0 Å². The molecule has 3 aromatic rings. The van der Waals surface area contributed by atoms with E-state index in [1.165, 1.54) is 0 Å². The van der Waals surface area contributed by atoms with E-state index in [0.717, 1.165) is 26.9 Å². The van der Waals surface area contributed by atoms with Gasteiger partial charge in [0.2, 0.25) is 0 Å².